The molecule has 162 valence electrons. The summed E-state index contributed by atoms with van der Waals surface area (Å²) in [6, 6.07) is 15.0. The molecule has 2 aromatic carbocycles. The Morgan fingerprint density at radius 1 is 0.900 bits per heavy atom. The quantitative estimate of drug-likeness (QED) is 0.694. The summed E-state index contributed by atoms with van der Waals surface area (Å²) in [4.78, 5) is 14.9. The number of likely N-dealkylation sites (tertiary alicyclic amines) is 1. The molecular weight excluding hydrogens is 396 g/mol. The second-order valence-corrected chi connectivity index (χ2v) is 10.3. The van der Waals surface area contributed by atoms with Crippen molar-refractivity contribution >= 4 is 15.7 Å². The lowest BCUT2D eigenvalue weighted by atomic mass is 10.1. The van der Waals surface area contributed by atoms with Crippen molar-refractivity contribution in [2.24, 2.45) is 0 Å². The average Bonchev–Trinajstić information content (AvgIpc) is 3.01. The van der Waals surface area contributed by atoms with Crippen LogP contribution in [0.5, 0.6) is 0 Å². The molecule has 1 N–H and O–H groups in total. The summed E-state index contributed by atoms with van der Waals surface area (Å²) in [7, 11) is -3.44. The van der Waals surface area contributed by atoms with Crippen molar-refractivity contribution in [3.05, 3.63) is 65.2 Å². The summed E-state index contributed by atoms with van der Waals surface area (Å²) in [6.45, 7) is 5.63. The van der Waals surface area contributed by atoms with E-state index in [2.05, 4.69) is 22.3 Å². The first-order valence-electron chi connectivity index (χ1n) is 10.8. The van der Waals surface area contributed by atoms with E-state index in [9.17, 15) is 13.2 Å². The molecule has 5 nitrogen and oxygen atoms in total. The summed E-state index contributed by atoms with van der Waals surface area (Å²) >= 11 is 0. The fourth-order valence-corrected chi connectivity index (χ4v) is 4.94. The van der Waals surface area contributed by atoms with Gasteiger partial charge in [0, 0.05) is 19.5 Å². The number of hydrogen-bond donors (Lipinski definition) is 1. The maximum atomic E-state index is 12.4. The molecule has 0 aliphatic carbocycles. The van der Waals surface area contributed by atoms with Gasteiger partial charge in [-0.15, -0.1) is 0 Å². The first-order valence-corrected chi connectivity index (χ1v) is 12.4. The number of aryl methyl sites for hydroxylation is 1. The van der Waals surface area contributed by atoms with Crippen LogP contribution in [0.2, 0.25) is 0 Å². The standard InChI is InChI=1S/C24H32N2O3S/c1-20-6-12-23(13-7-20)30(28,29)17-14-24(27)25-18-21-8-10-22(11-9-21)19-26-15-4-2-3-5-16-26/h6-13H,2-5,14-19H2,1H3,(H,25,27). The maximum absolute atomic E-state index is 12.4. The molecule has 1 amide bonds. The molecule has 1 heterocycles. The number of carbonyl (C=O) groups excluding carboxylic acids is 1. The molecule has 1 aliphatic heterocycles. The summed E-state index contributed by atoms with van der Waals surface area (Å²) < 4.78 is 24.7. The Morgan fingerprint density at radius 3 is 2.13 bits per heavy atom. The lowest BCUT2D eigenvalue weighted by molar-refractivity contribution is -0.120. The van der Waals surface area contributed by atoms with Crippen molar-refractivity contribution in [1.29, 1.82) is 0 Å². The van der Waals surface area contributed by atoms with Gasteiger partial charge in [-0.3, -0.25) is 9.69 Å². The highest BCUT2D eigenvalue weighted by Gasteiger charge is 2.16. The number of benzene rings is 2. The van der Waals surface area contributed by atoms with Crippen molar-refractivity contribution in [2.45, 2.75) is 57.0 Å². The van der Waals surface area contributed by atoms with Crippen molar-refractivity contribution in [1.82, 2.24) is 10.2 Å². The molecule has 30 heavy (non-hydrogen) atoms. The minimum Gasteiger partial charge on any atom is -0.352 e. The van der Waals surface area contributed by atoms with E-state index in [0.717, 1.165) is 17.7 Å². The van der Waals surface area contributed by atoms with Gasteiger partial charge in [-0.2, -0.15) is 0 Å². The van der Waals surface area contributed by atoms with E-state index in [4.69, 9.17) is 0 Å². The van der Waals surface area contributed by atoms with Crippen LogP contribution < -0.4 is 5.32 Å². The SMILES string of the molecule is Cc1ccc(S(=O)(=O)CCC(=O)NCc2ccc(CN3CCCCCC3)cc2)cc1. The minimum absolute atomic E-state index is 0.0384. The van der Waals surface area contributed by atoms with Gasteiger partial charge in [-0.05, 0) is 56.1 Å². The van der Waals surface area contributed by atoms with Gasteiger partial charge in [0.05, 0.1) is 10.6 Å². The molecule has 0 radical (unpaired) electrons. The second kappa shape index (κ2) is 10.7. The molecule has 0 unspecified atom stereocenters. The van der Waals surface area contributed by atoms with Crippen LogP contribution in [0, 0.1) is 6.92 Å². The Hall–Kier alpha value is -2.18. The van der Waals surface area contributed by atoms with Gasteiger partial charge in [0.25, 0.3) is 0 Å². The largest absolute Gasteiger partial charge is 0.352 e. The van der Waals surface area contributed by atoms with E-state index in [0.29, 0.717) is 6.54 Å². The Balaban J connectivity index is 1.43. The highest BCUT2D eigenvalue weighted by Crippen LogP contribution is 2.15. The monoisotopic (exact) mass is 428 g/mol. The molecule has 0 bridgehead atoms. The Bertz CT molecular complexity index is 914. The van der Waals surface area contributed by atoms with E-state index in [1.165, 1.54) is 44.3 Å². The lowest BCUT2D eigenvalue weighted by Crippen LogP contribution is -2.25. The minimum atomic E-state index is -3.44. The topological polar surface area (TPSA) is 66.5 Å². The van der Waals surface area contributed by atoms with E-state index < -0.39 is 9.84 Å². The Kier molecular flexibility index (Phi) is 8.05. The average molecular weight is 429 g/mol. The molecule has 0 atom stereocenters. The number of hydrogen-bond acceptors (Lipinski definition) is 4. The van der Waals surface area contributed by atoms with Crippen LogP contribution in [0.1, 0.15) is 48.8 Å². The number of sulfone groups is 1. The molecular formula is C24H32N2O3S. The van der Waals surface area contributed by atoms with Crippen molar-refractivity contribution in [2.75, 3.05) is 18.8 Å². The zero-order valence-corrected chi connectivity index (χ0v) is 18.6. The molecule has 3 rings (SSSR count). The van der Waals surface area contributed by atoms with Crippen LogP contribution in [0.3, 0.4) is 0 Å². The number of nitrogens with one attached hydrogen (secondary N) is 1. The van der Waals surface area contributed by atoms with Crippen LogP contribution in [0.4, 0.5) is 0 Å². The van der Waals surface area contributed by atoms with Gasteiger partial charge in [0.2, 0.25) is 5.91 Å². The molecule has 1 fully saturated rings. The highest BCUT2D eigenvalue weighted by molar-refractivity contribution is 7.91. The Labute approximate surface area is 180 Å². The van der Waals surface area contributed by atoms with Crippen LogP contribution in [0.15, 0.2) is 53.4 Å². The van der Waals surface area contributed by atoms with Gasteiger partial charge in [-0.1, -0.05) is 54.8 Å². The molecule has 0 aromatic heterocycles. The first kappa shape index (κ1) is 22.5. The third kappa shape index (κ3) is 6.96. The van der Waals surface area contributed by atoms with Gasteiger partial charge in [0.15, 0.2) is 9.84 Å². The highest BCUT2D eigenvalue weighted by atomic mass is 32.2. The van der Waals surface area contributed by atoms with Crippen molar-refractivity contribution < 1.29 is 13.2 Å². The molecule has 1 saturated heterocycles. The fourth-order valence-electron chi connectivity index (χ4n) is 3.69. The van der Waals surface area contributed by atoms with Gasteiger partial charge >= 0.3 is 0 Å². The van der Waals surface area contributed by atoms with Crippen molar-refractivity contribution in [3.8, 4) is 0 Å². The third-order valence-corrected chi connectivity index (χ3v) is 7.33. The molecule has 0 spiro atoms. The summed E-state index contributed by atoms with van der Waals surface area (Å²) in [5, 5.41) is 2.83. The first-order chi connectivity index (χ1) is 14.4. The normalized spacial score (nSPS) is 15.5. The third-order valence-electron chi connectivity index (χ3n) is 5.60. The van der Waals surface area contributed by atoms with E-state index in [1.807, 2.05) is 19.1 Å². The summed E-state index contributed by atoms with van der Waals surface area (Å²) in [5.41, 5.74) is 3.31. The molecule has 6 heteroatoms. The molecule has 1 aliphatic rings. The summed E-state index contributed by atoms with van der Waals surface area (Å²) in [6.07, 6.45) is 5.19. The van der Waals surface area contributed by atoms with Crippen LogP contribution >= 0.6 is 0 Å². The van der Waals surface area contributed by atoms with Crippen LogP contribution in [-0.2, 0) is 27.7 Å². The number of nitrogens with zero attached hydrogens (tertiary/aromatic N) is 1. The maximum Gasteiger partial charge on any atom is 0.221 e. The van der Waals surface area contributed by atoms with Gasteiger partial charge in [0.1, 0.15) is 0 Å². The molecule has 2 aromatic rings. The van der Waals surface area contributed by atoms with Gasteiger partial charge in [-0.25, -0.2) is 8.42 Å². The van der Waals surface area contributed by atoms with Crippen LogP contribution in [-0.4, -0.2) is 38.1 Å². The zero-order chi connectivity index (χ0) is 21.4. The lowest BCUT2D eigenvalue weighted by Gasteiger charge is -2.19. The predicted octanol–water partition coefficient (Wildman–Crippen LogP) is 3.85. The predicted molar refractivity (Wildman–Crippen MR) is 120 cm³/mol. The smallest absolute Gasteiger partial charge is 0.221 e. The van der Waals surface area contributed by atoms with Gasteiger partial charge < -0.3 is 5.32 Å². The molecule has 0 saturated carbocycles. The zero-order valence-electron chi connectivity index (χ0n) is 17.8. The number of carbonyl (C=O) groups is 1. The van der Waals surface area contributed by atoms with E-state index in [-0.39, 0.29) is 23.0 Å². The Morgan fingerprint density at radius 2 is 1.50 bits per heavy atom. The second-order valence-electron chi connectivity index (χ2n) is 8.17. The fraction of sp³-hybridized carbons (Fsp3) is 0.458. The van der Waals surface area contributed by atoms with E-state index >= 15 is 0 Å². The van der Waals surface area contributed by atoms with E-state index in [1.54, 1.807) is 24.3 Å². The van der Waals surface area contributed by atoms with Crippen LogP contribution in [0.25, 0.3) is 0 Å². The number of amides is 1. The number of rotatable bonds is 8. The van der Waals surface area contributed by atoms with Crippen molar-refractivity contribution in [3.63, 3.8) is 0 Å². The summed E-state index contributed by atoms with van der Waals surface area (Å²) in [5.74, 6) is -0.434.